The van der Waals surface area contributed by atoms with Crippen LogP contribution in [0, 0.1) is 6.92 Å². The van der Waals surface area contributed by atoms with Gasteiger partial charge in [0.15, 0.2) is 0 Å². The van der Waals surface area contributed by atoms with E-state index in [0.29, 0.717) is 18.8 Å². The van der Waals surface area contributed by atoms with Crippen molar-refractivity contribution in [3.8, 4) is 5.75 Å². The van der Waals surface area contributed by atoms with Crippen LogP contribution in [0.3, 0.4) is 0 Å². The van der Waals surface area contributed by atoms with Crippen molar-refractivity contribution in [3.05, 3.63) is 29.3 Å². The lowest BCUT2D eigenvalue weighted by molar-refractivity contribution is 0.262. The zero-order valence-electron chi connectivity index (χ0n) is 10.1. The number of aliphatic hydroxyl groups excluding tert-OH is 1. The van der Waals surface area contributed by atoms with Gasteiger partial charge in [0, 0.05) is 11.8 Å². The molecular weight excluding hydrogens is 240 g/mol. The van der Waals surface area contributed by atoms with Gasteiger partial charge in [-0.15, -0.1) is 0 Å². The minimum Gasteiger partial charge on any atom is -0.493 e. The third-order valence-corrected chi connectivity index (χ3v) is 3.40. The Labute approximate surface area is 102 Å². The molecule has 0 bridgehead atoms. The highest BCUT2D eigenvalue weighted by atomic mass is 32.2. The summed E-state index contributed by atoms with van der Waals surface area (Å²) in [6.45, 7) is 2.15. The fourth-order valence-electron chi connectivity index (χ4n) is 1.54. The van der Waals surface area contributed by atoms with Crippen molar-refractivity contribution < 1.29 is 18.3 Å². The molecule has 0 aliphatic rings. The van der Waals surface area contributed by atoms with E-state index >= 15 is 0 Å². The molecule has 0 aliphatic heterocycles. The predicted molar refractivity (Wildman–Crippen MR) is 66.9 cm³/mol. The van der Waals surface area contributed by atoms with Gasteiger partial charge < -0.3 is 9.84 Å². The number of benzene rings is 1. The van der Waals surface area contributed by atoms with Crippen LogP contribution in [-0.2, 0) is 16.4 Å². The third kappa shape index (κ3) is 4.75. The number of aliphatic hydroxyl groups is 1. The van der Waals surface area contributed by atoms with Crippen molar-refractivity contribution in [1.29, 1.82) is 0 Å². The third-order valence-electron chi connectivity index (χ3n) is 2.37. The molecule has 17 heavy (non-hydrogen) atoms. The van der Waals surface area contributed by atoms with E-state index in [4.69, 9.17) is 9.84 Å². The van der Waals surface area contributed by atoms with Gasteiger partial charge in [-0.05, 0) is 18.9 Å². The van der Waals surface area contributed by atoms with Gasteiger partial charge in [0.25, 0.3) is 0 Å². The van der Waals surface area contributed by atoms with Gasteiger partial charge in [-0.3, -0.25) is 0 Å². The van der Waals surface area contributed by atoms with E-state index in [1.54, 1.807) is 6.07 Å². The van der Waals surface area contributed by atoms with Crippen LogP contribution in [0.5, 0.6) is 5.75 Å². The normalized spacial score (nSPS) is 11.5. The van der Waals surface area contributed by atoms with E-state index in [-0.39, 0.29) is 12.4 Å². The zero-order chi connectivity index (χ0) is 12.9. The minimum atomic E-state index is -2.93. The first-order valence-electron chi connectivity index (χ1n) is 5.44. The Balaban J connectivity index is 2.57. The van der Waals surface area contributed by atoms with E-state index in [1.165, 1.54) is 6.26 Å². The Kier molecular flexibility index (Phi) is 4.96. The Morgan fingerprint density at radius 3 is 2.65 bits per heavy atom. The highest BCUT2D eigenvalue weighted by Crippen LogP contribution is 2.23. The second-order valence-electron chi connectivity index (χ2n) is 4.05. The molecule has 0 aliphatic carbocycles. The average molecular weight is 258 g/mol. The smallest absolute Gasteiger partial charge is 0.147 e. The van der Waals surface area contributed by atoms with E-state index in [2.05, 4.69) is 0 Å². The molecule has 1 aromatic rings. The molecular formula is C12H18O4S. The Hall–Kier alpha value is -1.07. The molecule has 1 N–H and O–H groups in total. The summed E-state index contributed by atoms with van der Waals surface area (Å²) >= 11 is 0. The summed E-state index contributed by atoms with van der Waals surface area (Å²) in [4.78, 5) is 0. The molecule has 1 rings (SSSR count). The highest BCUT2D eigenvalue weighted by molar-refractivity contribution is 7.90. The van der Waals surface area contributed by atoms with Crippen LogP contribution >= 0.6 is 0 Å². The summed E-state index contributed by atoms with van der Waals surface area (Å²) in [7, 11) is -2.93. The van der Waals surface area contributed by atoms with Crippen molar-refractivity contribution >= 4 is 9.84 Å². The summed E-state index contributed by atoms with van der Waals surface area (Å²) in [5.41, 5.74) is 1.67. The van der Waals surface area contributed by atoms with Crippen LogP contribution in [0.15, 0.2) is 18.2 Å². The van der Waals surface area contributed by atoms with Crippen LogP contribution < -0.4 is 4.74 Å². The lowest BCUT2D eigenvalue weighted by Crippen LogP contribution is -2.09. The van der Waals surface area contributed by atoms with Gasteiger partial charge >= 0.3 is 0 Å². The average Bonchev–Trinajstić information content (AvgIpc) is 2.24. The summed E-state index contributed by atoms with van der Waals surface area (Å²) in [6, 6.07) is 5.54. The lowest BCUT2D eigenvalue weighted by atomic mass is 10.1. The molecule has 0 unspecified atom stereocenters. The van der Waals surface area contributed by atoms with Crippen molar-refractivity contribution in [2.45, 2.75) is 20.0 Å². The van der Waals surface area contributed by atoms with Crippen molar-refractivity contribution in [3.63, 3.8) is 0 Å². The van der Waals surface area contributed by atoms with Crippen LogP contribution in [-0.4, -0.2) is 32.1 Å². The maximum absolute atomic E-state index is 10.9. The van der Waals surface area contributed by atoms with Crippen LogP contribution in [0.25, 0.3) is 0 Å². The molecule has 0 fully saturated rings. The zero-order valence-corrected chi connectivity index (χ0v) is 11.0. The van der Waals surface area contributed by atoms with Gasteiger partial charge in [-0.1, -0.05) is 18.2 Å². The maximum Gasteiger partial charge on any atom is 0.147 e. The fourth-order valence-corrected chi connectivity index (χ4v) is 2.18. The van der Waals surface area contributed by atoms with Gasteiger partial charge in [0.05, 0.1) is 19.0 Å². The number of hydrogen-bond donors (Lipinski definition) is 1. The molecule has 0 radical (unpaired) electrons. The van der Waals surface area contributed by atoms with Crippen LogP contribution in [0.1, 0.15) is 17.5 Å². The highest BCUT2D eigenvalue weighted by Gasteiger charge is 2.07. The molecule has 5 heteroatoms. The maximum atomic E-state index is 10.9. The second kappa shape index (κ2) is 6.02. The Bertz CT molecular complexity index is 465. The summed E-state index contributed by atoms with van der Waals surface area (Å²) in [5.74, 6) is 0.774. The summed E-state index contributed by atoms with van der Waals surface area (Å²) < 4.78 is 27.4. The standard InChI is InChI=1S/C12H18O4S/c1-10-5-3-6-11(9-13)12(10)16-7-4-8-17(2,14)15/h3,5-6,13H,4,7-9H2,1-2H3. The monoisotopic (exact) mass is 258 g/mol. The first kappa shape index (κ1) is 14.0. The topological polar surface area (TPSA) is 63.6 Å². The minimum absolute atomic E-state index is 0.0803. The SMILES string of the molecule is Cc1cccc(CO)c1OCCCS(C)(=O)=O. The van der Waals surface area contributed by atoms with Crippen LogP contribution in [0.4, 0.5) is 0 Å². The summed E-state index contributed by atoms with van der Waals surface area (Å²) in [6.07, 6.45) is 1.66. The number of rotatable bonds is 6. The number of sulfone groups is 1. The first-order valence-corrected chi connectivity index (χ1v) is 7.50. The van der Waals surface area contributed by atoms with E-state index in [9.17, 15) is 8.42 Å². The van der Waals surface area contributed by atoms with Gasteiger partial charge in [-0.2, -0.15) is 0 Å². The first-order chi connectivity index (χ1) is 7.94. The Morgan fingerprint density at radius 2 is 2.06 bits per heavy atom. The largest absolute Gasteiger partial charge is 0.493 e. The quantitative estimate of drug-likeness (QED) is 0.781. The van der Waals surface area contributed by atoms with Crippen LogP contribution in [0.2, 0.25) is 0 Å². The van der Waals surface area contributed by atoms with Gasteiger partial charge in [-0.25, -0.2) is 8.42 Å². The molecule has 1 aromatic carbocycles. The van der Waals surface area contributed by atoms with E-state index in [1.807, 2.05) is 19.1 Å². The molecule has 0 aromatic heterocycles. The fraction of sp³-hybridized carbons (Fsp3) is 0.500. The molecule has 0 saturated heterocycles. The van der Waals surface area contributed by atoms with Gasteiger partial charge in [0.1, 0.15) is 15.6 Å². The van der Waals surface area contributed by atoms with Crippen molar-refractivity contribution in [2.24, 2.45) is 0 Å². The van der Waals surface area contributed by atoms with E-state index < -0.39 is 9.84 Å². The van der Waals surface area contributed by atoms with Gasteiger partial charge in [0.2, 0.25) is 0 Å². The molecule has 0 atom stereocenters. The molecule has 0 heterocycles. The Morgan fingerprint density at radius 1 is 1.35 bits per heavy atom. The number of aryl methyl sites for hydroxylation is 1. The molecule has 4 nitrogen and oxygen atoms in total. The molecule has 0 amide bonds. The molecule has 0 spiro atoms. The molecule has 0 saturated carbocycles. The van der Waals surface area contributed by atoms with Crippen molar-refractivity contribution in [1.82, 2.24) is 0 Å². The molecule has 96 valence electrons. The number of para-hydroxylation sites is 1. The predicted octanol–water partition coefficient (Wildman–Crippen LogP) is 1.30. The van der Waals surface area contributed by atoms with E-state index in [0.717, 1.165) is 11.1 Å². The second-order valence-corrected chi connectivity index (χ2v) is 6.31. The number of hydrogen-bond acceptors (Lipinski definition) is 4. The van der Waals surface area contributed by atoms with Crippen molar-refractivity contribution in [2.75, 3.05) is 18.6 Å². The number of ether oxygens (including phenoxy) is 1. The lowest BCUT2D eigenvalue weighted by Gasteiger charge is -2.12. The summed E-state index contributed by atoms with van der Waals surface area (Å²) in [5, 5.41) is 9.15.